The minimum absolute atomic E-state index is 0.0465. The van der Waals surface area contributed by atoms with Gasteiger partial charge in [-0.2, -0.15) is 0 Å². The molecule has 0 saturated heterocycles. The standard InChI is InChI=1S/C17H28N2O2/c1-12(2)16(13(3)4)10-19-17(20)11-21-15-7-5-14(9-18)6-8-15/h5-8,12-13,16H,9-11,18H2,1-4H3,(H,19,20). The lowest BCUT2D eigenvalue weighted by atomic mass is 9.85. The summed E-state index contributed by atoms with van der Waals surface area (Å²) in [4.78, 5) is 11.8. The molecule has 0 saturated carbocycles. The summed E-state index contributed by atoms with van der Waals surface area (Å²) < 4.78 is 5.47. The minimum Gasteiger partial charge on any atom is -0.484 e. The number of rotatable bonds is 8. The van der Waals surface area contributed by atoms with Gasteiger partial charge in [-0.05, 0) is 35.4 Å². The molecule has 3 N–H and O–H groups in total. The second kappa shape index (κ2) is 8.67. The number of amides is 1. The second-order valence-electron chi connectivity index (χ2n) is 6.09. The van der Waals surface area contributed by atoms with E-state index < -0.39 is 0 Å². The van der Waals surface area contributed by atoms with Crippen LogP contribution >= 0.6 is 0 Å². The zero-order chi connectivity index (χ0) is 15.8. The Labute approximate surface area is 128 Å². The molecule has 0 fully saturated rings. The Kier molecular flexibility index (Phi) is 7.23. The fourth-order valence-electron chi connectivity index (χ4n) is 2.39. The Morgan fingerprint density at radius 1 is 1.14 bits per heavy atom. The van der Waals surface area contributed by atoms with Gasteiger partial charge in [0.15, 0.2) is 6.61 Å². The van der Waals surface area contributed by atoms with E-state index in [9.17, 15) is 4.79 Å². The number of hydrogen-bond donors (Lipinski definition) is 2. The van der Waals surface area contributed by atoms with E-state index in [4.69, 9.17) is 10.5 Å². The van der Waals surface area contributed by atoms with E-state index >= 15 is 0 Å². The maximum Gasteiger partial charge on any atom is 0.257 e. The molecule has 1 rings (SSSR count). The number of benzene rings is 1. The van der Waals surface area contributed by atoms with Crippen LogP contribution < -0.4 is 15.8 Å². The predicted molar refractivity (Wildman–Crippen MR) is 86.0 cm³/mol. The van der Waals surface area contributed by atoms with Gasteiger partial charge in [0, 0.05) is 13.1 Å². The van der Waals surface area contributed by atoms with E-state index in [0.29, 0.717) is 36.6 Å². The SMILES string of the molecule is CC(C)C(CNC(=O)COc1ccc(CN)cc1)C(C)C. The summed E-state index contributed by atoms with van der Waals surface area (Å²) in [5.41, 5.74) is 6.58. The third-order valence-corrected chi connectivity index (χ3v) is 3.78. The van der Waals surface area contributed by atoms with E-state index in [0.717, 1.165) is 5.56 Å². The maximum atomic E-state index is 11.8. The van der Waals surface area contributed by atoms with Crippen LogP contribution in [0.2, 0.25) is 0 Å². The van der Waals surface area contributed by atoms with Gasteiger partial charge in [-0.1, -0.05) is 39.8 Å². The highest BCUT2D eigenvalue weighted by atomic mass is 16.5. The highest BCUT2D eigenvalue weighted by Gasteiger charge is 2.18. The predicted octanol–water partition coefficient (Wildman–Crippen LogP) is 2.57. The molecule has 0 aliphatic heterocycles. The van der Waals surface area contributed by atoms with Crippen molar-refractivity contribution in [1.29, 1.82) is 0 Å². The van der Waals surface area contributed by atoms with E-state index in [1.54, 1.807) is 0 Å². The van der Waals surface area contributed by atoms with Crippen LogP contribution in [0.5, 0.6) is 5.75 Å². The van der Waals surface area contributed by atoms with Crippen molar-refractivity contribution in [3.8, 4) is 5.75 Å². The van der Waals surface area contributed by atoms with Gasteiger partial charge in [-0.3, -0.25) is 4.79 Å². The summed E-state index contributed by atoms with van der Waals surface area (Å²) in [5, 5.41) is 2.95. The lowest BCUT2D eigenvalue weighted by Crippen LogP contribution is -2.36. The Hall–Kier alpha value is -1.55. The molecule has 0 atom stereocenters. The Balaban J connectivity index is 2.36. The second-order valence-corrected chi connectivity index (χ2v) is 6.09. The van der Waals surface area contributed by atoms with Gasteiger partial charge in [-0.15, -0.1) is 0 Å². The molecule has 0 aliphatic carbocycles. The molecule has 21 heavy (non-hydrogen) atoms. The summed E-state index contributed by atoms with van der Waals surface area (Å²) >= 11 is 0. The molecule has 0 heterocycles. The van der Waals surface area contributed by atoms with Crippen molar-refractivity contribution in [2.45, 2.75) is 34.2 Å². The van der Waals surface area contributed by atoms with Crippen LogP contribution in [0.4, 0.5) is 0 Å². The molecule has 118 valence electrons. The molecular weight excluding hydrogens is 264 g/mol. The smallest absolute Gasteiger partial charge is 0.257 e. The van der Waals surface area contributed by atoms with Crippen LogP contribution in [-0.4, -0.2) is 19.1 Å². The molecule has 4 nitrogen and oxygen atoms in total. The number of hydrogen-bond acceptors (Lipinski definition) is 3. The molecular formula is C17H28N2O2. The first-order chi connectivity index (χ1) is 9.93. The van der Waals surface area contributed by atoms with Crippen molar-refractivity contribution in [3.63, 3.8) is 0 Å². The van der Waals surface area contributed by atoms with Crippen molar-refractivity contribution in [2.24, 2.45) is 23.5 Å². The summed E-state index contributed by atoms with van der Waals surface area (Å²) in [6.07, 6.45) is 0. The maximum absolute atomic E-state index is 11.8. The van der Waals surface area contributed by atoms with Crippen LogP contribution in [0.25, 0.3) is 0 Å². The quantitative estimate of drug-likeness (QED) is 0.774. The third kappa shape index (κ3) is 6.17. The monoisotopic (exact) mass is 292 g/mol. The average Bonchev–Trinajstić information content (AvgIpc) is 2.45. The van der Waals surface area contributed by atoms with Crippen LogP contribution in [0.3, 0.4) is 0 Å². The molecule has 0 unspecified atom stereocenters. The van der Waals surface area contributed by atoms with Crippen molar-refractivity contribution >= 4 is 5.91 Å². The summed E-state index contributed by atoms with van der Waals surface area (Å²) in [7, 11) is 0. The van der Waals surface area contributed by atoms with Gasteiger partial charge in [0.05, 0.1) is 0 Å². The lowest BCUT2D eigenvalue weighted by molar-refractivity contribution is -0.123. The largest absolute Gasteiger partial charge is 0.484 e. The molecule has 0 aliphatic rings. The fraction of sp³-hybridized carbons (Fsp3) is 0.588. The zero-order valence-corrected chi connectivity index (χ0v) is 13.6. The van der Waals surface area contributed by atoms with Gasteiger partial charge in [0.1, 0.15) is 5.75 Å². The Bertz CT molecular complexity index is 419. The molecule has 4 heteroatoms. The topological polar surface area (TPSA) is 64.3 Å². The third-order valence-electron chi connectivity index (χ3n) is 3.78. The molecule has 0 radical (unpaired) electrons. The number of carbonyl (C=O) groups is 1. The van der Waals surface area contributed by atoms with Crippen molar-refractivity contribution in [2.75, 3.05) is 13.2 Å². The summed E-state index contributed by atoms with van der Waals surface area (Å²) in [5.74, 6) is 2.19. The van der Waals surface area contributed by atoms with E-state index in [-0.39, 0.29) is 12.5 Å². The molecule has 1 aromatic carbocycles. The Morgan fingerprint density at radius 2 is 1.71 bits per heavy atom. The first kappa shape index (κ1) is 17.5. The van der Waals surface area contributed by atoms with Crippen molar-refractivity contribution in [1.82, 2.24) is 5.32 Å². The van der Waals surface area contributed by atoms with Crippen LogP contribution in [0.1, 0.15) is 33.3 Å². The fourth-order valence-corrected chi connectivity index (χ4v) is 2.39. The number of ether oxygens (including phenoxy) is 1. The summed E-state index contributed by atoms with van der Waals surface area (Å²) in [6, 6.07) is 7.47. The zero-order valence-electron chi connectivity index (χ0n) is 13.6. The van der Waals surface area contributed by atoms with Crippen LogP contribution in [-0.2, 0) is 11.3 Å². The molecule has 1 amide bonds. The van der Waals surface area contributed by atoms with Gasteiger partial charge in [0.2, 0.25) is 0 Å². The lowest BCUT2D eigenvalue weighted by Gasteiger charge is -2.25. The van der Waals surface area contributed by atoms with Gasteiger partial charge >= 0.3 is 0 Å². The molecule has 1 aromatic rings. The number of carbonyl (C=O) groups excluding carboxylic acids is 1. The normalized spacial score (nSPS) is 11.2. The first-order valence-electron chi connectivity index (χ1n) is 7.62. The van der Waals surface area contributed by atoms with E-state index in [1.807, 2.05) is 24.3 Å². The van der Waals surface area contributed by atoms with Crippen molar-refractivity contribution < 1.29 is 9.53 Å². The number of nitrogens with one attached hydrogen (secondary N) is 1. The highest BCUT2D eigenvalue weighted by Crippen LogP contribution is 2.19. The molecule has 0 spiro atoms. The average molecular weight is 292 g/mol. The Morgan fingerprint density at radius 3 is 2.19 bits per heavy atom. The summed E-state index contributed by atoms with van der Waals surface area (Å²) in [6.45, 7) is 10.00. The van der Waals surface area contributed by atoms with E-state index in [1.165, 1.54) is 0 Å². The van der Waals surface area contributed by atoms with Gasteiger partial charge in [-0.25, -0.2) is 0 Å². The van der Waals surface area contributed by atoms with Gasteiger partial charge < -0.3 is 15.8 Å². The van der Waals surface area contributed by atoms with Crippen molar-refractivity contribution in [3.05, 3.63) is 29.8 Å². The van der Waals surface area contributed by atoms with Crippen LogP contribution in [0.15, 0.2) is 24.3 Å². The highest BCUT2D eigenvalue weighted by molar-refractivity contribution is 5.77. The number of nitrogens with two attached hydrogens (primary N) is 1. The molecule has 0 aromatic heterocycles. The first-order valence-corrected chi connectivity index (χ1v) is 7.62. The molecule has 0 bridgehead atoms. The van der Waals surface area contributed by atoms with E-state index in [2.05, 4.69) is 33.0 Å². The van der Waals surface area contributed by atoms with Gasteiger partial charge in [0.25, 0.3) is 5.91 Å². The van der Waals surface area contributed by atoms with Crippen LogP contribution in [0, 0.1) is 17.8 Å². The minimum atomic E-state index is -0.0794.